The lowest BCUT2D eigenvalue weighted by Gasteiger charge is -2.00. The van der Waals surface area contributed by atoms with E-state index in [-0.39, 0.29) is 12.3 Å². The van der Waals surface area contributed by atoms with Crippen LogP contribution in [0.3, 0.4) is 0 Å². The van der Waals surface area contributed by atoms with E-state index < -0.39 is 4.92 Å². The molecule has 0 saturated heterocycles. The summed E-state index contributed by atoms with van der Waals surface area (Å²) in [6.07, 6.45) is 5.91. The summed E-state index contributed by atoms with van der Waals surface area (Å²) in [6.45, 7) is 0.635. The van der Waals surface area contributed by atoms with E-state index in [9.17, 15) is 15.2 Å². The predicted octanol–water partition coefficient (Wildman–Crippen LogP) is 3.71. The Balaban J connectivity index is 1.93. The first kappa shape index (κ1) is 15.0. The van der Waals surface area contributed by atoms with E-state index in [2.05, 4.69) is 0 Å². The van der Waals surface area contributed by atoms with Gasteiger partial charge in [0.2, 0.25) is 0 Å². The highest BCUT2D eigenvalue weighted by Crippen LogP contribution is 2.23. The molecule has 0 aliphatic rings. The Kier molecular flexibility index (Phi) is 4.21. The van der Waals surface area contributed by atoms with E-state index in [0.29, 0.717) is 6.54 Å². The summed E-state index contributed by atoms with van der Waals surface area (Å²) < 4.78 is 2.02. The number of aliphatic hydroxyl groups excluding tert-OH is 1. The number of nitrogens with zero attached hydrogens (tertiary/aromatic N) is 2. The SMILES string of the molecule is O=[N+]([O-])c1ccc(/C=C/c2cn(CCO)c3ccccc23)cc1. The summed E-state index contributed by atoms with van der Waals surface area (Å²) in [5, 5.41) is 21.0. The number of aromatic nitrogens is 1. The number of nitro benzene ring substituents is 1. The lowest BCUT2D eigenvalue weighted by atomic mass is 10.1. The van der Waals surface area contributed by atoms with Crippen molar-refractivity contribution in [3.63, 3.8) is 0 Å². The molecule has 1 heterocycles. The van der Waals surface area contributed by atoms with Gasteiger partial charge in [-0.1, -0.05) is 30.4 Å². The maximum Gasteiger partial charge on any atom is 0.269 e. The van der Waals surface area contributed by atoms with Crippen LogP contribution in [0.4, 0.5) is 5.69 Å². The lowest BCUT2D eigenvalue weighted by molar-refractivity contribution is -0.384. The van der Waals surface area contributed by atoms with Crippen LogP contribution in [-0.4, -0.2) is 21.2 Å². The van der Waals surface area contributed by atoms with Gasteiger partial charge < -0.3 is 9.67 Å². The number of rotatable bonds is 5. The van der Waals surface area contributed by atoms with Gasteiger partial charge in [0.25, 0.3) is 5.69 Å². The molecule has 0 aliphatic carbocycles. The topological polar surface area (TPSA) is 68.3 Å². The quantitative estimate of drug-likeness (QED) is 0.577. The Hall–Kier alpha value is -2.92. The second-order valence-corrected chi connectivity index (χ2v) is 5.20. The van der Waals surface area contributed by atoms with Gasteiger partial charge in [-0.25, -0.2) is 0 Å². The fraction of sp³-hybridized carbons (Fsp3) is 0.111. The first-order chi connectivity index (χ1) is 11.2. The molecule has 5 heteroatoms. The molecule has 0 radical (unpaired) electrons. The number of fused-ring (bicyclic) bond motifs is 1. The summed E-state index contributed by atoms with van der Waals surface area (Å²) in [7, 11) is 0. The Morgan fingerprint density at radius 2 is 1.83 bits per heavy atom. The molecule has 0 spiro atoms. The van der Waals surface area contributed by atoms with Crippen LogP contribution in [0.25, 0.3) is 23.1 Å². The summed E-state index contributed by atoms with van der Waals surface area (Å²) in [6, 6.07) is 14.5. The zero-order chi connectivity index (χ0) is 16.2. The fourth-order valence-electron chi connectivity index (χ4n) is 2.59. The zero-order valence-corrected chi connectivity index (χ0v) is 12.4. The molecule has 2 aromatic carbocycles. The molecular formula is C18H16N2O3. The van der Waals surface area contributed by atoms with Crippen molar-refractivity contribution in [2.24, 2.45) is 0 Å². The van der Waals surface area contributed by atoms with Crippen molar-refractivity contribution in [2.75, 3.05) is 6.61 Å². The summed E-state index contributed by atoms with van der Waals surface area (Å²) in [5.41, 5.74) is 3.11. The van der Waals surface area contributed by atoms with Crippen molar-refractivity contribution in [1.29, 1.82) is 0 Å². The highest BCUT2D eigenvalue weighted by molar-refractivity contribution is 5.92. The summed E-state index contributed by atoms with van der Waals surface area (Å²) in [5.74, 6) is 0. The third-order valence-corrected chi connectivity index (χ3v) is 3.72. The minimum Gasteiger partial charge on any atom is -0.395 e. The van der Waals surface area contributed by atoms with Gasteiger partial charge in [-0.15, -0.1) is 0 Å². The van der Waals surface area contributed by atoms with Crippen molar-refractivity contribution in [3.8, 4) is 0 Å². The van der Waals surface area contributed by atoms with Gasteiger partial charge in [0, 0.05) is 35.8 Å². The number of aliphatic hydroxyl groups is 1. The zero-order valence-electron chi connectivity index (χ0n) is 12.4. The van der Waals surface area contributed by atoms with Crippen molar-refractivity contribution in [1.82, 2.24) is 4.57 Å². The smallest absolute Gasteiger partial charge is 0.269 e. The largest absolute Gasteiger partial charge is 0.395 e. The van der Waals surface area contributed by atoms with Gasteiger partial charge >= 0.3 is 0 Å². The van der Waals surface area contributed by atoms with E-state index in [1.54, 1.807) is 12.1 Å². The van der Waals surface area contributed by atoms with Crippen LogP contribution in [0.1, 0.15) is 11.1 Å². The van der Waals surface area contributed by atoms with Crippen molar-refractivity contribution in [2.45, 2.75) is 6.54 Å². The summed E-state index contributed by atoms with van der Waals surface area (Å²) in [4.78, 5) is 10.3. The Bertz CT molecular complexity index is 864. The van der Waals surface area contributed by atoms with Crippen LogP contribution < -0.4 is 0 Å². The monoisotopic (exact) mass is 308 g/mol. The lowest BCUT2D eigenvalue weighted by Crippen LogP contribution is -1.99. The number of benzene rings is 2. The average molecular weight is 308 g/mol. The molecule has 0 amide bonds. The average Bonchev–Trinajstić information content (AvgIpc) is 2.92. The van der Waals surface area contributed by atoms with Crippen LogP contribution in [0.5, 0.6) is 0 Å². The first-order valence-electron chi connectivity index (χ1n) is 7.30. The Morgan fingerprint density at radius 1 is 1.09 bits per heavy atom. The molecule has 3 rings (SSSR count). The molecule has 23 heavy (non-hydrogen) atoms. The van der Waals surface area contributed by atoms with E-state index in [0.717, 1.165) is 22.0 Å². The number of hydrogen-bond donors (Lipinski definition) is 1. The van der Waals surface area contributed by atoms with Gasteiger partial charge in [-0.05, 0) is 29.3 Å². The molecule has 0 bridgehead atoms. The van der Waals surface area contributed by atoms with Gasteiger partial charge in [0.1, 0.15) is 0 Å². The second-order valence-electron chi connectivity index (χ2n) is 5.20. The fourth-order valence-corrected chi connectivity index (χ4v) is 2.59. The minimum atomic E-state index is -0.407. The maximum absolute atomic E-state index is 10.7. The third kappa shape index (κ3) is 3.14. The van der Waals surface area contributed by atoms with E-state index in [1.807, 2.05) is 47.2 Å². The van der Waals surface area contributed by atoms with Crippen molar-refractivity contribution in [3.05, 3.63) is 76.0 Å². The second kappa shape index (κ2) is 6.46. The molecule has 0 fully saturated rings. The van der Waals surface area contributed by atoms with E-state index in [1.165, 1.54) is 12.1 Å². The van der Waals surface area contributed by atoms with Gasteiger partial charge in [0.15, 0.2) is 0 Å². The maximum atomic E-state index is 10.7. The Morgan fingerprint density at radius 3 is 2.52 bits per heavy atom. The van der Waals surface area contributed by atoms with Crippen LogP contribution in [0.15, 0.2) is 54.7 Å². The molecule has 5 nitrogen and oxygen atoms in total. The van der Waals surface area contributed by atoms with Gasteiger partial charge in [0.05, 0.1) is 11.5 Å². The summed E-state index contributed by atoms with van der Waals surface area (Å²) >= 11 is 0. The molecular weight excluding hydrogens is 292 g/mol. The molecule has 0 unspecified atom stereocenters. The minimum absolute atomic E-state index is 0.0849. The number of nitro groups is 1. The van der Waals surface area contributed by atoms with Gasteiger partial charge in [-0.3, -0.25) is 10.1 Å². The van der Waals surface area contributed by atoms with Crippen LogP contribution >= 0.6 is 0 Å². The van der Waals surface area contributed by atoms with E-state index in [4.69, 9.17) is 0 Å². The van der Waals surface area contributed by atoms with Gasteiger partial charge in [-0.2, -0.15) is 0 Å². The molecule has 116 valence electrons. The van der Waals surface area contributed by atoms with E-state index >= 15 is 0 Å². The van der Waals surface area contributed by atoms with Crippen molar-refractivity contribution >= 4 is 28.7 Å². The van der Waals surface area contributed by atoms with Crippen LogP contribution in [-0.2, 0) is 6.54 Å². The molecule has 1 N–H and O–H groups in total. The normalized spacial score (nSPS) is 11.3. The van der Waals surface area contributed by atoms with Crippen LogP contribution in [0.2, 0.25) is 0 Å². The molecule has 0 saturated carbocycles. The number of hydrogen-bond acceptors (Lipinski definition) is 3. The number of para-hydroxylation sites is 1. The molecule has 0 atom stereocenters. The Labute approximate surface area is 133 Å². The highest BCUT2D eigenvalue weighted by Gasteiger charge is 2.06. The van der Waals surface area contributed by atoms with Crippen LogP contribution in [0, 0.1) is 10.1 Å². The molecule has 0 aliphatic heterocycles. The molecule has 1 aromatic heterocycles. The predicted molar refractivity (Wildman–Crippen MR) is 91.0 cm³/mol. The standard InChI is InChI=1S/C18H16N2O3/c21-12-11-19-13-15(17-3-1-2-4-18(17)19)8-5-14-6-9-16(10-7-14)20(22)23/h1-10,13,21H,11-12H2/b8-5+. The molecule has 3 aromatic rings. The van der Waals surface area contributed by atoms with Crippen molar-refractivity contribution < 1.29 is 10.0 Å². The highest BCUT2D eigenvalue weighted by atomic mass is 16.6. The third-order valence-electron chi connectivity index (χ3n) is 3.72. The number of non-ortho nitro benzene ring substituents is 1. The first-order valence-corrected chi connectivity index (χ1v) is 7.30.